The monoisotopic (exact) mass is 281 g/mol. The van der Waals surface area contributed by atoms with Crippen LogP contribution in [0.3, 0.4) is 0 Å². The van der Waals surface area contributed by atoms with Crippen LogP contribution in [0.5, 0.6) is 0 Å². The van der Waals surface area contributed by atoms with E-state index in [9.17, 15) is 4.79 Å². The van der Waals surface area contributed by atoms with Crippen molar-refractivity contribution in [1.82, 2.24) is 10.2 Å². The lowest BCUT2D eigenvalue weighted by Crippen LogP contribution is -2.51. The second-order valence-electron chi connectivity index (χ2n) is 6.59. The van der Waals surface area contributed by atoms with Crippen molar-refractivity contribution in [3.05, 3.63) is 0 Å². The number of carbonyl (C=O) groups excluding carboxylic acids is 1. The minimum absolute atomic E-state index is 0.0727. The zero-order valence-electron chi connectivity index (χ0n) is 13.1. The lowest BCUT2D eigenvalue weighted by Gasteiger charge is -2.37. The minimum atomic E-state index is -0.478. The van der Waals surface area contributed by atoms with Gasteiger partial charge in [-0.25, -0.2) is 4.79 Å². The summed E-state index contributed by atoms with van der Waals surface area (Å²) >= 11 is 0. The van der Waals surface area contributed by atoms with E-state index in [2.05, 4.69) is 23.2 Å². The Bertz CT molecular complexity index is 357. The van der Waals surface area contributed by atoms with Crippen LogP contribution in [0.25, 0.3) is 0 Å². The number of carbonyl (C=O) groups is 1. The number of rotatable bonds is 4. The second-order valence-corrected chi connectivity index (χ2v) is 6.59. The van der Waals surface area contributed by atoms with Gasteiger partial charge in [-0.2, -0.15) is 5.26 Å². The summed E-state index contributed by atoms with van der Waals surface area (Å²) in [6.07, 6.45) is 2.87. The van der Waals surface area contributed by atoms with Crippen LogP contribution in [-0.2, 0) is 4.74 Å². The Labute approximate surface area is 122 Å². The highest BCUT2D eigenvalue weighted by Gasteiger charge is 2.28. The first-order valence-electron chi connectivity index (χ1n) is 7.43. The summed E-state index contributed by atoms with van der Waals surface area (Å²) in [7, 11) is 0. The minimum Gasteiger partial charge on any atom is -0.444 e. The largest absolute Gasteiger partial charge is 0.444 e. The first kappa shape index (κ1) is 16.8. The van der Waals surface area contributed by atoms with Crippen molar-refractivity contribution in [2.24, 2.45) is 5.92 Å². The summed E-state index contributed by atoms with van der Waals surface area (Å²) in [5, 5.41) is 11.8. The van der Waals surface area contributed by atoms with Crippen LogP contribution in [0.1, 0.15) is 47.0 Å². The predicted octanol–water partition coefficient (Wildman–Crippen LogP) is 2.53. The molecule has 0 saturated carbocycles. The highest BCUT2D eigenvalue weighted by atomic mass is 16.6. The molecule has 2 atom stereocenters. The molecule has 1 fully saturated rings. The van der Waals surface area contributed by atoms with Gasteiger partial charge in [0.1, 0.15) is 5.60 Å². The molecule has 1 aliphatic heterocycles. The Balaban J connectivity index is 2.54. The number of ether oxygens (including phenoxy) is 1. The molecular weight excluding hydrogens is 254 g/mol. The van der Waals surface area contributed by atoms with Gasteiger partial charge in [-0.1, -0.05) is 13.3 Å². The molecule has 114 valence electrons. The zero-order chi connectivity index (χ0) is 15.2. The van der Waals surface area contributed by atoms with Gasteiger partial charge in [0, 0.05) is 19.1 Å². The number of nitrogens with one attached hydrogen (secondary N) is 1. The summed E-state index contributed by atoms with van der Waals surface area (Å²) in [4.78, 5) is 14.0. The lowest BCUT2D eigenvalue weighted by molar-refractivity contribution is 0.0452. The Morgan fingerprint density at radius 2 is 2.15 bits per heavy atom. The molecule has 20 heavy (non-hydrogen) atoms. The van der Waals surface area contributed by atoms with Crippen LogP contribution in [0.4, 0.5) is 4.79 Å². The van der Waals surface area contributed by atoms with Gasteiger partial charge in [0.05, 0.1) is 12.6 Å². The third kappa shape index (κ3) is 6.25. The average molecular weight is 281 g/mol. The van der Waals surface area contributed by atoms with E-state index in [4.69, 9.17) is 10.00 Å². The zero-order valence-corrected chi connectivity index (χ0v) is 13.1. The Hall–Kier alpha value is -1.28. The number of nitrogens with zero attached hydrogens (tertiary/aromatic N) is 2. The summed E-state index contributed by atoms with van der Waals surface area (Å²) in [6.45, 7) is 9.84. The summed E-state index contributed by atoms with van der Waals surface area (Å²) < 4.78 is 5.30. The van der Waals surface area contributed by atoms with Crippen LogP contribution in [0.2, 0.25) is 0 Å². The smallest absolute Gasteiger partial charge is 0.407 e. The third-order valence-electron chi connectivity index (χ3n) is 3.32. The Kier molecular flexibility index (Phi) is 6.28. The lowest BCUT2D eigenvalue weighted by atomic mass is 9.90. The number of likely N-dealkylation sites (tertiary alicyclic amines) is 1. The molecule has 2 unspecified atom stereocenters. The van der Waals surface area contributed by atoms with Gasteiger partial charge < -0.3 is 10.1 Å². The highest BCUT2D eigenvalue weighted by Crippen LogP contribution is 2.21. The van der Waals surface area contributed by atoms with E-state index in [0.29, 0.717) is 12.5 Å². The molecular formula is C15H27N3O2. The van der Waals surface area contributed by atoms with Crippen molar-refractivity contribution in [2.75, 3.05) is 19.6 Å². The maximum atomic E-state index is 11.8. The Morgan fingerprint density at radius 1 is 1.45 bits per heavy atom. The normalized spacial score (nSPS) is 23.9. The quantitative estimate of drug-likeness (QED) is 0.804. The van der Waals surface area contributed by atoms with Gasteiger partial charge in [0.2, 0.25) is 0 Å². The fraction of sp³-hybridized carbons (Fsp3) is 0.867. The third-order valence-corrected chi connectivity index (χ3v) is 3.32. The molecule has 0 aromatic rings. The molecule has 5 heteroatoms. The highest BCUT2D eigenvalue weighted by molar-refractivity contribution is 5.68. The first-order chi connectivity index (χ1) is 9.34. The van der Waals surface area contributed by atoms with Crippen LogP contribution >= 0.6 is 0 Å². The van der Waals surface area contributed by atoms with Crippen LogP contribution in [0.15, 0.2) is 0 Å². The van der Waals surface area contributed by atoms with Crippen molar-refractivity contribution in [3.63, 3.8) is 0 Å². The van der Waals surface area contributed by atoms with E-state index in [1.807, 2.05) is 20.8 Å². The maximum Gasteiger partial charge on any atom is 0.407 e. The van der Waals surface area contributed by atoms with Gasteiger partial charge in [-0.15, -0.1) is 0 Å². The van der Waals surface area contributed by atoms with Crippen molar-refractivity contribution < 1.29 is 9.53 Å². The molecule has 1 heterocycles. The van der Waals surface area contributed by atoms with E-state index in [-0.39, 0.29) is 12.1 Å². The van der Waals surface area contributed by atoms with Gasteiger partial charge in [0.25, 0.3) is 0 Å². The van der Waals surface area contributed by atoms with Crippen molar-refractivity contribution in [3.8, 4) is 6.07 Å². The molecule has 0 spiro atoms. The molecule has 0 aliphatic carbocycles. The SMILES string of the molecule is CCCC1CC(NC(=O)OC(C)(C)C)CN(CC#N)C1. The summed E-state index contributed by atoms with van der Waals surface area (Å²) in [5.41, 5.74) is -0.478. The molecule has 0 bridgehead atoms. The van der Waals surface area contributed by atoms with E-state index in [0.717, 1.165) is 32.4 Å². The molecule has 1 N–H and O–H groups in total. The topological polar surface area (TPSA) is 65.4 Å². The standard InChI is InChI=1S/C15H27N3O2/c1-5-6-12-9-13(11-18(10-12)8-7-16)17-14(19)20-15(2,3)4/h12-13H,5-6,8-11H2,1-4H3,(H,17,19). The van der Waals surface area contributed by atoms with Crippen LogP contribution < -0.4 is 5.32 Å². The van der Waals surface area contributed by atoms with E-state index < -0.39 is 5.60 Å². The number of alkyl carbamates (subject to hydrolysis) is 1. The van der Waals surface area contributed by atoms with Crippen LogP contribution in [-0.4, -0.2) is 42.3 Å². The molecule has 0 radical (unpaired) electrons. The van der Waals surface area contributed by atoms with E-state index in [1.165, 1.54) is 0 Å². The molecule has 1 amide bonds. The van der Waals surface area contributed by atoms with Crippen molar-refractivity contribution in [2.45, 2.75) is 58.6 Å². The summed E-state index contributed by atoms with van der Waals surface area (Å²) in [5.74, 6) is 0.544. The molecule has 1 rings (SSSR count). The van der Waals surface area contributed by atoms with E-state index in [1.54, 1.807) is 0 Å². The first-order valence-corrected chi connectivity index (χ1v) is 7.43. The number of amides is 1. The molecule has 1 aliphatic rings. The predicted molar refractivity (Wildman–Crippen MR) is 78.2 cm³/mol. The molecule has 0 aromatic heterocycles. The summed E-state index contributed by atoms with van der Waals surface area (Å²) in [6, 6.07) is 2.27. The fourth-order valence-electron chi connectivity index (χ4n) is 2.73. The molecule has 0 aromatic carbocycles. The van der Waals surface area contributed by atoms with Crippen LogP contribution in [0, 0.1) is 17.2 Å². The second kappa shape index (κ2) is 7.49. The van der Waals surface area contributed by atoms with E-state index >= 15 is 0 Å². The molecule has 5 nitrogen and oxygen atoms in total. The average Bonchev–Trinajstić information content (AvgIpc) is 2.26. The maximum absolute atomic E-state index is 11.8. The van der Waals surface area contributed by atoms with Gasteiger partial charge in [-0.05, 0) is 39.5 Å². The number of nitriles is 1. The van der Waals surface area contributed by atoms with Crippen molar-refractivity contribution in [1.29, 1.82) is 5.26 Å². The van der Waals surface area contributed by atoms with Gasteiger partial charge >= 0.3 is 6.09 Å². The number of hydrogen-bond donors (Lipinski definition) is 1. The molecule has 1 saturated heterocycles. The van der Waals surface area contributed by atoms with Crippen molar-refractivity contribution >= 4 is 6.09 Å². The van der Waals surface area contributed by atoms with Gasteiger partial charge in [0.15, 0.2) is 0 Å². The Morgan fingerprint density at radius 3 is 2.70 bits per heavy atom. The number of piperidine rings is 1. The number of hydrogen-bond acceptors (Lipinski definition) is 4. The van der Waals surface area contributed by atoms with Gasteiger partial charge in [-0.3, -0.25) is 4.90 Å². The fourth-order valence-corrected chi connectivity index (χ4v) is 2.73.